The van der Waals surface area contributed by atoms with Crippen LogP contribution < -0.4 is 0 Å². The number of carbonyl (C=O) groups excluding carboxylic acids is 2. The van der Waals surface area contributed by atoms with Gasteiger partial charge in [0, 0.05) is 19.0 Å². The summed E-state index contributed by atoms with van der Waals surface area (Å²) in [4.78, 5) is 29.9. The molecule has 1 unspecified atom stereocenters. The van der Waals surface area contributed by atoms with E-state index in [9.17, 15) is 9.59 Å². The molecule has 0 aliphatic carbocycles. The van der Waals surface area contributed by atoms with E-state index in [1.165, 1.54) is 24.8 Å². The van der Waals surface area contributed by atoms with E-state index in [1.807, 2.05) is 42.2 Å². The first kappa shape index (κ1) is 25.7. The van der Waals surface area contributed by atoms with E-state index in [4.69, 9.17) is 4.42 Å². The molecule has 5 nitrogen and oxygen atoms in total. The van der Waals surface area contributed by atoms with Crippen LogP contribution in [0.4, 0.5) is 0 Å². The van der Waals surface area contributed by atoms with Crippen molar-refractivity contribution in [2.24, 2.45) is 0 Å². The molecule has 1 aromatic carbocycles. The van der Waals surface area contributed by atoms with Gasteiger partial charge in [-0.25, -0.2) is 0 Å². The molecule has 2 aromatic rings. The average Bonchev–Trinajstić information content (AvgIpc) is 3.33. The molecule has 0 saturated heterocycles. The Hall–Kier alpha value is -2.56. The molecular weight excluding hydrogens is 400 g/mol. The second kappa shape index (κ2) is 14.5. The molecular formula is C27H40N2O3. The maximum atomic E-state index is 13.3. The maximum absolute atomic E-state index is 13.3. The zero-order valence-corrected chi connectivity index (χ0v) is 20.1. The Morgan fingerprint density at radius 3 is 2.34 bits per heavy atom. The normalized spacial score (nSPS) is 11.8. The first-order valence-electron chi connectivity index (χ1n) is 12.2. The maximum Gasteiger partial charge on any atom is 0.242 e. The highest BCUT2D eigenvalue weighted by molar-refractivity contribution is 5.85. The monoisotopic (exact) mass is 440 g/mol. The number of hydrogen-bond donors (Lipinski definition) is 0. The Balaban J connectivity index is 2.02. The Kier molecular flexibility index (Phi) is 11.6. The first-order valence-corrected chi connectivity index (χ1v) is 12.2. The minimum absolute atomic E-state index is 0.0306. The number of carbonyl (C=O) groups is 2. The van der Waals surface area contributed by atoms with Gasteiger partial charge in [-0.3, -0.25) is 9.59 Å². The van der Waals surface area contributed by atoms with Crippen molar-refractivity contribution in [3.63, 3.8) is 0 Å². The van der Waals surface area contributed by atoms with Crippen LogP contribution in [-0.4, -0.2) is 40.7 Å². The van der Waals surface area contributed by atoms with E-state index < -0.39 is 0 Å². The molecule has 1 heterocycles. The fraction of sp³-hybridized carbons (Fsp3) is 0.556. The molecule has 176 valence electrons. The zero-order valence-electron chi connectivity index (χ0n) is 20.1. The van der Waals surface area contributed by atoms with Gasteiger partial charge < -0.3 is 14.2 Å². The van der Waals surface area contributed by atoms with E-state index >= 15 is 0 Å². The van der Waals surface area contributed by atoms with E-state index in [2.05, 4.69) is 26.0 Å². The summed E-state index contributed by atoms with van der Waals surface area (Å²) in [6, 6.07) is 13.9. The Labute approximate surface area is 193 Å². The van der Waals surface area contributed by atoms with E-state index in [-0.39, 0.29) is 24.4 Å². The predicted molar refractivity (Wildman–Crippen MR) is 129 cm³/mol. The molecule has 0 aliphatic rings. The van der Waals surface area contributed by atoms with Gasteiger partial charge >= 0.3 is 0 Å². The molecule has 32 heavy (non-hydrogen) atoms. The summed E-state index contributed by atoms with van der Waals surface area (Å²) in [5, 5.41) is 0. The van der Waals surface area contributed by atoms with Crippen molar-refractivity contribution in [3.8, 4) is 0 Å². The van der Waals surface area contributed by atoms with Crippen molar-refractivity contribution in [2.75, 3.05) is 13.1 Å². The van der Waals surface area contributed by atoms with Crippen molar-refractivity contribution < 1.29 is 14.0 Å². The first-order chi connectivity index (χ1) is 15.5. The van der Waals surface area contributed by atoms with Gasteiger partial charge in [-0.05, 0) is 43.9 Å². The molecule has 0 fully saturated rings. The van der Waals surface area contributed by atoms with Gasteiger partial charge in [0.25, 0.3) is 0 Å². The highest BCUT2D eigenvalue weighted by Crippen LogP contribution is 2.14. The molecule has 0 spiro atoms. The van der Waals surface area contributed by atoms with Crippen LogP contribution >= 0.6 is 0 Å². The van der Waals surface area contributed by atoms with Gasteiger partial charge in [-0.2, -0.15) is 0 Å². The summed E-state index contributed by atoms with van der Waals surface area (Å²) < 4.78 is 5.50. The summed E-state index contributed by atoms with van der Waals surface area (Å²) in [7, 11) is 0. The quantitative estimate of drug-likeness (QED) is 0.327. The number of amides is 2. The number of benzene rings is 1. The Bertz CT molecular complexity index is 773. The van der Waals surface area contributed by atoms with Crippen molar-refractivity contribution >= 4 is 11.8 Å². The molecule has 1 aromatic heterocycles. The number of hydrogen-bond acceptors (Lipinski definition) is 3. The highest BCUT2D eigenvalue weighted by Gasteiger charge is 2.25. The smallest absolute Gasteiger partial charge is 0.242 e. The average molecular weight is 441 g/mol. The largest absolute Gasteiger partial charge is 0.467 e. The molecule has 1 atom stereocenters. The molecule has 0 N–H and O–H groups in total. The third kappa shape index (κ3) is 8.89. The summed E-state index contributed by atoms with van der Waals surface area (Å²) >= 11 is 0. The number of unbranched alkanes of at least 4 members (excludes halogenated alkanes) is 4. The molecule has 0 bridgehead atoms. The second-order valence-electron chi connectivity index (χ2n) is 8.57. The molecule has 0 saturated carbocycles. The van der Waals surface area contributed by atoms with Crippen molar-refractivity contribution in [1.82, 2.24) is 9.80 Å². The molecule has 5 heteroatoms. The van der Waals surface area contributed by atoms with Crippen LogP contribution in [0, 0.1) is 0 Å². The van der Waals surface area contributed by atoms with Gasteiger partial charge in [0.15, 0.2) is 0 Å². The Morgan fingerprint density at radius 2 is 1.69 bits per heavy atom. The molecule has 2 amide bonds. The Morgan fingerprint density at radius 1 is 0.938 bits per heavy atom. The lowest BCUT2D eigenvalue weighted by atomic mass is 10.1. The minimum atomic E-state index is -0.0306. The van der Waals surface area contributed by atoms with Gasteiger partial charge in [0.2, 0.25) is 11.8 Å². The predicted octanol–water partition coefficient (Wildman–Crippen LogP) is 5.84. The highest BCUT2D eigenvalue weighted by atomic mass is 16.3. The summed E-state index contributed by atoms with van der Waals surface area (Å²) in [6.07, 6.45) is 9.28. The SMILES string of the molecule is CCCCCCCC(=O)N(CC(=O)N(CCc1ccccc1)Cc1ccco1)C(C)CC. The van der Waals surface area contributed by atoms with Crippen LogP contribution in [0.3, 0.4) is 0 Å². The number of rotatable bonds is 15. The van der Waals surface area contributed by atoms with Gasteiger partial charge in [0.05, 0.1) is 12.8 Å². The van der Waals surface area contributed by atoms with Crippen molar-refractivity contribution in [1.29, 1.82) is 0 Å². The third-order valence-corrected chi connectivity index (χ3v) is 6.04. The summed E-state index contributed by atoms with van der Waals surface area (Å²) in [5.74, 6) is 0.811. The zero-order chi connectivity index (χ0) is 23.2. The topological polar surface area (TPSA) is 53.8 Å². The molecule has 0 radical (unpaired) electrons. The lowest BCUT2D eigenvalue weighted by Gasteiger charge is -2.31. The fourth-order valence-electron chi connectivity index (χ4n) is 3.77. The van der Waals surface area contributed by atoms with Crippen LogP contribution in [-0.2, 0) is 22.6 Å². The van der Waals surface area contributed by atoms with Crippen LogP contribution in [0.2, 0.25) is 0 Å². The van der Waals surface area contributed by atoms with Crippen LogP contribution in [0.5, 0.6) is 0 Å². The van der Waals surface area contributed by atoms with Gasteiger partial charge in [-0.1, -0.05) is 69.9 Å². The third-order valence-electron chi connectivity index (χ3n) is 6.04. The summed E-state index contributed by atoms with van der Waals surface area (Å²) in [5.41, 5.74) is 1.19. The van der Waals surface area contributed by atoms with E-state index in [1.54, 1.807) is 11.2 Å². The van der Waals surface area contributed by atoms with Gasteiger partial charge in [0.1, 0.15) is 12.3 Å². The second-order valence-corrected chi connectivity index (χ2v) is 8.57. The van der Waals surface area contributed by atoms with Crippen molar-refractivity contribution in [3.05, 3.63) is 60.1 Å². The lowest BCUT2D eigenvalue weighted by Crippen LogP contribution is -2.46. The van der Waals surface area contributed by atoms with Crippen LogP contribution in [0.1, 0.15) is 77.0 Å². The lowest BCUT2D eigenvalue weighted by molar-refractivity contribution is -0.142. The van der Waals surface area contributed by atoms with Gasteiger partial charge in [-0.15, -0.1) is 0 Å². The van der Waals surface area contributed by atoms with E-state index in [0.717, 1.165) is 31.4 Å². The van der Waals surface area contributed by atoms with Crippen LogP contribution in [0.15, 0.2) is 53.1 Å². The van der Waals surface area contributed by atoms with E-state index in [0.29, 0.717) is 19.5 Å². The molecule has 0 aliphatic heterocycles. The number of furan rings is 1. The summed E-state index contributed by atoms with van der Waals surface area (Å²) in [6.45, 7) is 7.41. The fourth-order valence-corrected chi connectivity index (χ4v) is 3.77. The van der Waals surface area contributed by atoms with Crippen LogP contribution in [0.25, 0.3) is 0 Å². The number of nitrogens with zero attached hydrogens (tertiary/aromatic N) is 2. The molecule has 2 rings (SSSR count). The van der Waals surface area contributed by atoms with Crippen molar-refractivity contribution in [2.45, 2.75) is 84.7 Å². The minimum Gasteiger partial charge on any atom is -0.467 e. The standard InChI is InChI=1S/C27H40N2O3/c1-4-6-7-8-12-17-26(30)29(23(3)5-2)22-27(31)28(21-25-16-13-20-32-25)19-18-24-14-10-9-11-15-24/h9-11,13-16,20,23H,4-8,12,17-19,21-22H2,1-3H3.